The number of ether oxygens (including phenoxy) is 2. The molecular weight excluding hydrogens is 448 g/mol. The van der Waals surface area contributed by atoms with E-state index in [4.69, 9.17) is 9.47 Å². The molecule has 2 amide bonds. The van der Waals surface area contributed by atoms with Crippen molar-refractivity contribution in [3.8, 4) is 11.5 Å². The van der Waals surface area contributed by atoms with Crippen molar-refractivity contribution in [2.45, 2.75) is 40.0 Å². The summed E-state index contributed by atoms with van der Waals surface area (Å²) >= 11 is 3.41. The Balaban J connectivity index is 1.78. The number of nitrogens with one attached hydrogen (secondary N) is 2. The number of hydrogen-bond donors (Lipinski definition) is 2. The number of hydrogen-bond acceptors (Lipinski definition) is 4. The van der Waals surface area contributed by atoms with E-state index in [2.05, 4.69) is 54.5 Å². The van der Waals surface area contributed by atoms with Crippen LogP contribution in [0.3, 0.4) is 0 Å². The van der Waals surface area contributed by atoms with Crippen LogP contribution in [-0.4, -0.2) is 25.0 Å². The van der Waals surface area contributed by atoms with Crippen molar-refractivity contribution in [3.63, 3.8) is 0 Å². The van der Waals surface area contributed by atoms with Crippen LogP contribution in [0.1, 0.15) is 56.0 Å². The van der Waals surface area contributed by atoms with Gasteiger partial charge in [-0.15, -0.1) is 0 Å². The highest BCUT2D eigenvalue weighted by atomic mass is 79.9. The molecule has 0 heterocycles. The van der Waals surface area contributed by atoms with Crippen molar-refractivity contribution < 1.29 is 19.1 Å². The third kappa shape index (κ3) is 7.71. The highest BCUT2D eigenvalue weighted by Crippen LogP contribution is 2.26. The summed E-state index contributed by atoms with van der Waals surface area (Å²) in [5.74, 6) is 1.37. The first-order valence-corrected chi connectivity index (χ1v) is 10.8. The lowest BCUT2D eigenvalue weighted by molar-refractivity contribution is -0.123. The monoisotopic (exact) mass is 476 g/mol. The Bertz CT molecular complexity index is 851. The molecule has 0 fully saturated rings. The van der Waals surface area contributed by atoms with Crippen LogP contribution < -0.4 is 20.3 Å². The number of amides is 2. The van der Waals surface area contributed by atoms with E-state index in [0.717, 1.165) is 6.42 Å². The van der Waals surface area contributed by atoms with Crippen LogP contribution in [0.4, 0.5) is 0 Å². The van der Waals surface area contributed by atoms with Gasteiger partial charge in [0.1, 0.15) is 11.5 Å². The number of benzene rings is 2. The molecule has 0 bridgehead atoms. The zero-order valence-corrected chi connectivity index (χ0v) is 19.4. The van der Waals surface area contributed by atoms with Gasteiger partial charge in [0.2, 0.25) is 0 Å². The fourth-order valence-corrected chi connectivity index (χ4v) is 2.99. The van der Waals surface area contributed by atoms with Gasteiger partial charge in [-0.2, -0.15) is 0 Å². The Morgan fingerprint density at radius 3 is 2.27 bits per heavy atom. The molecule has 2 aromatic carbocycles. The van der Waals surface area contributed by atoms with Crippen molar-refractivity contribution in [1.29, 1.82) is 0 Å². The molecule has 162 valence electrons. The normalized spacial score (nSPS) is 10.8. The van der Waals surface area contributed by atoms with E-state index in [1.807, 2.05) is 24.3 Å². The van der Waals surface area contributed by atoms with Gasteiger partial charge in [0.05, 0.1) is 11.1 Å². The minimum absolute atomic E-state index is 0.201. The van der Waals surface area contributed by atoms with E-state index < -0.39 is 11.8 Å². The fraction of sp³-hybridized carbons (Fsp3) is 0.391. The summed E-state index contributed by atoms with van der Waals surface area (Å²) in [4.78, 5) is 24.2. The Morgan fingerprint density at radius 1 is 0.967 bits per heavy atom. The molecule has 30 heavy (non-hydrogen) atoms. The highest BCUT2D eigenvalue weighted by molar-refractivity contribution is 9.10. The van der Waals surface area contributed by atoms with Crippen LogP contribution in [0, 0.1) is 5.92 Å². The summed E-state index contributed by atoms with van der Waals surface area (Å²) in [6.07, 6.45) is 0.949. The second-order valence-electron chi connectivity index (χ2n) is 7.69. The molecule has 6 nitrogen and oxygen atoms in total. The largest absolute Gasteiger partial charge is 0.492 e. The first kappa shape index (κ1) is 23.7. The molecule has 0 atom stereocenters. The van der Waals surface area contributed by atoms with Crippen LogP contribution in [0.2, 0.25) is 0 Å². The molecule has 0 aliphatic heterocycles. The third-order valence-corrected chi connectivity index (χ3v) is 5.00. The topological polar surface area (TPSA) is 76.7 Å². The second kappa shape index (κ2) is 11.6. The Hall–Kier alpha value is -2.54. The lowest BCUT2D eigenvalue weighted by atomic mass is 10.0. The van der Waals surface area contributed by atoms with Crippen LogP contribution in [0.25, 0.3) is 0 Å². The predicted octanol–water partition coefficient (Wildman–Crippen LogP) is 4.84. The van der Waals surface area contributed by atoms with Gasteiger partial charge < -0.3 is 9.47 Å². The van der Waals surface area contributed by atoms with E-state index in [0.29, 0.717) is 40.0 Å². The molecule has 2 N–H and O–H groups in total. The maximum absolute atomic E-state index is 12.3. The fourth-order valence-electron chi connectivity index (χ4n) is 2.50. The Labute approximate surface area is 186 Å². The SMILES string of the molecule is CC(C)CCOc1ccc(C(=O)NNC(=O)COc2ccc(C(C)C)cc2)cc1Br. The molecule has 7 heteroatoms. The summed E-state index contributed by atoms with van der Waals surface area (Å²) in [6, 6.07) is 12.6. The first-order valence-electron chi connectivity index (χ1n) is 10.0. The zero-order chi connectivity index (χ0) is 22.1. The van der Waals surface area contributed by atoms with Crippen LogP contribution in [0.15, 0.2) is 46.9 Å². The number of hydrazine groups is 1. The number of carbonyl (C=O) groups excluding carboxylic acids is 2. The van der Waals surface area contributed by atoms with Gasteiger partial charge >= 0.3 is 0 Å². The smallest absolute Gasteiger partial charge is 0.276 e. The van der Waals surface area contributed by atoms with Crippen molar-refractivity contribution in [3.05, 3.63) is 58.1 Å². The number of carbonyl (C=O) groups is 2. The van der Waals surface area contributed by atoms with E-state index in [-0.39, 0.29) is 6.61 Å². The summed E-state index contributed by atoms with van der Waals surface area (Å²) in [5.41, 5.74) is 6.32. The number of rotatable bonds is 9. The van der Waals surface area contributed by atoms with Gasteiger partial charge in [0.25, 0.3) is 11.8 Å². The number of halogens is 1. The second-order valence-corrected chi connectivity index (χ2v) is 8.55. The van der Waals surface area contributed by atoms with E-state index in [1.54, 1.807) is 18.2 Å². The lowest BCUT2D eigenvalue weighted by Crippen LogP contribution is -2.43. The van der Waals surface area contributed by atoms with Gasteiger partial charge in [0, 0.05) is 5.56 Å². The molecule has 2 aromatic rings. The molecule has 0 saturated carbocycles. The maximum atomic E-state index is 12.3. The van der Waals surface area contributed by atoms with Gasteiger partial charge in [0.15, 0.2) is 6.61 Å². The first-order chi connectivity index (χ1) is 14.3. The lowest BCUT2D eigenvalue weighted by Gasteiger charge is -2.12. The van der Waals surface area contributed by atoms with E-state index in [1.165, 1.54) is 5.56 Å². The molecule has 0 radical (unpaired) electrons. The minimum atomic E-state index is -0.455. The van der Waals surface area contributed by atoms with Crippen LogP contribution in [0.5, 0.6) is 11.5 Å². The standard InChI is InChI=1S/C23H29BrN2O4/c1-15(2)11-12-29-21-10-7-18(13-20(21)24)23(28)26-25-22(27)14-30-19-8-5-17(6-9-19)16(3)4/h5-10,13,15-16H,11-12,14H2,1-4H3,(H,25,27)(H,26,28). The predicted molar refractivity (Wildman–Crippen MR) is 121 cm³/mol. The molecule has 0 aromatic heterocycles. The van der Waals surface area contributed by atoms with E-state index >= 15 is 0 Å². The van der Waals surface area contributed by atoms with Crippen molar-refractivity contribution in [1.82, 2.24) is 10.9 Å². The molecular formula is C23H29BrN2O4. The van der Waals surface area contributed by atoms with E-state index in [9.17, 15) is 9.59 Å². The van der Waals surface area contributed by atoms with Crippen LogP contribution >= 0.6 is 15.9 Å². The summed E-state index contributed by atoms with van der Waals surface area (Å²) in [5, 5.41) is 0. The van der Waals surface area contributed by atoms with Crippen molar-refractivity contribution in [2.24, 2.45) is 5.92 Å². The molecule has 0 saturated heterocycles. The minimum Gasteiger partial charge on any atom is -0.492 e. The zero-order valence-electron chi connectivity index (χ0n) is 17.8. The summed E-state index contributed by atoms with van der Waals surface area (Å²) in [6.45, 7) is 8.89. The third-order valence-electron chi connectivity index (χ3n) is 4.38. The summed E-state index contributed by atoms with van der Waals surface area (Å²) in [7, 11) is 0. The maximum Gasteiger partial charge on any atom is 0.276 e. The molecule has 0 aliphatic carbocycles. The summed E-state index contributed by atoms with van der Waals surface area (Å²) < 4.78 is 11.8. The van der Waals surface area contributed by atoms with Crippen molar-refractivity contribution in [2.75, 3.05) is 13.2 Å². The highest BCUT2D eigenvalue weighted by Gasteiger charge is 2.11. The molecule has 0 aliphatic rings. The van der Waals surface area contributed by atoms with Crippen LogP contribution in [-0.2, 0) is 4.79 Å². The quantitative estimate of drug-likeness (QED) is 0.507. The van der Waals surface area contributed by atoms with Crippen molar-refractivity contribution >= 4 is 27.7 Å². The Kier molecular flexibility index (Phi) is 9.17. The van der Waals surface area contributed by atoms with Gasteiger partial charge in [-0.25, -0.2) is 0 Å². The van der Waals surface area contributed by atoms with Gasteiger partial charge in [-0.3, -0.25) is 20.4 Å². The average molecular weight is 477 g/mol. The van der Waals surface area contributed by atoms with Gasteiger partial charge in [-0.05, 0) is 70.1 Å². The average Bonchev–Trinajstić information content (AvgIpc) is 2.71. The molecule has 0 unspecified atom stereocenters. The van der Waals surface area contributed by atoms with Gasteiger partial charge in [-0.1, -0.05) is 39.8 Å². The molecule has 2 rings (SSSR count). The Morgan fingerprint density at radius 2 is 1.67 bits per heavy atom. The molecule has 0 spiro atoms.